The van der Waals surface area contributed by atoms with Gasteiger partial charge in [-0.3, -0.25) is 0 Å². The molecule has 1 rings (SSSR count). The van der Waals surface area contributed by atoms with Gasteiger partial charge in [0.1, 0.15) is 0 Å². The molecule has 1 fully saturated rings. The van der Waals surface area contributed by atoms with E-state index in [2.05, 4.69) is 24.3 Å². The minimum absolute atomic E-state index is 0.301. The van der Waals surface area contributed by atoms with Crippen LogP contribution in [0, 0.1) is 5.92 Å². The summed E-state index contributed by atoms with van der Waals surface area (Å²) < 4.78 is 0. The molecule has 0 aromatic carbocycles. The van der Waals surface area contributed by atoms with Crippen molar-refractivity contribution in [3.8, 4) is 0 Å². The minimum atomic E-state index is 0.301. The molecular weight excluding hydrogens is 128 g/mol. The topological polar surface area (TPSA) is 35.5 Å². The number of nitrogens with zero attached hydrogens (tertiary/aromatic N) is 1. The molecule has 0 bridgehead atoms. The lowest BCUT2D eigenvalue weighted by Gasteiger charge is -2.23. The van der Waals surface area contributed by atoms with E-state index in [1.165, 1.54) is 0 Å². The summed E-state index contributed by atoms with van der Waals surface area (Å²) >= 11 is 0. The maximum Gasteiger partial charge on any atom is 0.0486 e. The van der Waals surface area contributed by atoms with E-state index in [9.17, 15) is 0 Å². The number of rotatable bonds is 2. The van der Waals surface area contributed by atoms with Gasteiger partial charge in [-0.1, -0.05) is 0 Å². The standard InChI is InChI=1S/C7H16N2O/c1-9(2)7-4-8-3-6(7)5-10/h6-8,10H,3-5H2,1-2H3/t6-,7-/m0/s1. The minimum Gasteiger partial charge on any atom is -0.396 e. The Balaban J connectivity index is 2.42. The molecule has 1 saturated heterocycles. The largest absolute Gasteiger partial charge is 0.396 e. The first-order chi connectivity index (χ1) is 4.75. The fraction of sp³-hybridized carbons (Fsp3) is 1.00. The van der Waals surface area contributed by atoms with Crippen LogP contribution in [0.2, 0.25) is 0 Å². The predicted molar refractivity (Wildman–Crippen MR) is 40.9 cm³/mol. The van der Waals surface area contributed by atoms with Crippen molar-refractivity contribution in [3.05, 3.63) is 0 Å². The van der Waals surface area contributed by atoms with Crippen LogP contribution in [0.15, 0.2) is 0 Å². The SMILES string of the molecule is CN(C)[C@H]1CNC[C@H]1CO. The first kappa shape index (κ1) is 7.98. The Morgan fingerprint density at radius 2 is 2.20 bits per heavy atom. The smallest absolute Gasteiger partial charge is 0.0486 e. The Bertz CT molecular complexity index is 106. The van der Waals surface area contributed by atoms with E-state index < -0.39 is 0 Å². The van der Waals surface area contributed by atoms with Gasteiger partial charge in [-0.15, -0.1) is 0 Å². The van der Waals surface area contributed by atoms with Crippen molar-refractivity contribution in [1.82, 2.24) is 10.2 Å². The van der Waals surface area contributed by atoms with Gasteiger partial charge in [0.15, 0.2) is 0 Å². The van der Waals surface area contributed by atoms with Gasteiger partial charge in [0.25, 0.3) is 0 Å². The van der Waals surface area contributed by atoms with Crippen LogP contribution in [0.1, 0.15) is 0 Å². The average Bonchev–Trinajstić information content (AvgIpc) is 2.33. The molecule has 0 saturated carbocycles. The lowest BCUT2D eigenvalue weighted by Crippen LogP contribution is -2.36. The van der Waals surface area contributed by atoms with Crippen molar-refractivity contribution in [2.45, 2.75) is 6.04 Å². The van der Waals surface area contributed by atoms with E-state index in [4.69, 9.17) is 5.11 Å². The van der Waals surface area contributed by atoms with E-state index in [1.807, 2.05) is 0 Å². The van der Waals surface area contributed by atoms with Gasteiger partial charge >= 0.3 is 0 Å². The van der Waals surface area contributed by atoms with Gasteiger partial charge in [0, 0.05) is 31.7 Å². The number of likely N-dealkylation sites (N-methyl/N-ethyl adjacent to an activating group) is 1. The lowest BCUT2D eigenvalue weighted by atomic mass is 10.0. The third kappa shape index (κ3) is 1.48. The molecule has 0 aromatic rings. The van der Waals surface area contributed by atoms with E-state index in [0.717, 1.165) is 13.1 Å². The summed E-state index contributed by atoms with van der Waals surface area (Å²) in [5.74, 6) is 0.426. The Hall–Kier alpha value is -0.120. The van der Waals surface area contributed by atoms with Crippen molar-refractivity contribution in [2.24, 2.45) is 5.92 Å². The summed E-state index contributed by atoms with van der Waals surface area (Å²) in [5.41, 5.74) is 0. The number of hydrogen-bond donors (Lipinski definition) is 2. The molecule has 0 unspecified atom stereocenters. The van der Waals surface area contributed by atoms with E-state index in [1.54, 1.807) is 0 Å². The first-order valence-electron chi connectivity index (χ1n) is 3.73. The van der Waals surface area contributed by atoms with Crippen molar-refractivity contribution in [2.75, 3.05) is 33.8 Å². The molecule has 0 aromatic heterocycles. The van der Waals surface area contributed by atoms with Gasteiger partial charge in [0.2, 0.25) is 0 Å². The van der Waals surface area contributed by atoms with Crippen molar-refractivity contribution >= 4 is 0 Å². The summed E-state index contributed by atoms with van der Waals surface area (Å²) in [5, 5.41) is 12.2. The third-order valence-electron chi connectivity index (χ3n) is 2.20. The predicted octanol–water partition coefficient (Wildman–Crippen LogP) is -0.872. The van der Waals surface area contributed by atoms with Crippen LogP contribution in [0.5, 0.6) is 0 Å². The van der Waals surface area contributed by atoms with E-state index in [-0.39, 0.29) is 0 Å². The fourth-order valence-corrected chi connectivity index (χ4v) is 1.51. The molecule has 3 nitrogen and oxygen atoms in total. The summed E-state index contributed by atoms with van der Waals surface area (Å²) in [6, 6.07) is 0.519. The highest BCUT2D eigenvalue weighted by Crippen LogP contribution is 2.11. The molecule has 2 atom stereocenters. The summed E-state index contributed by atoms with van der Waals surface area (Å²) in [6.07, 6.45) is 0. The van der Waals surface area contributed by atoms with E-state index in [0.29, 0.717) is 18.6 Å². The van der Waals surface area contributed by atoms with Gasteiger partial charge in [-0.05, 0) is 14.1 Å². The average molecular weight is 144 g/mol. The zero-order chi connectivity index (χ0) is 7.56. The maximum atomic E-state index is 8.92. The highest BCUT2D eigenvalue weighted by Gasteiger charge is 2.27. The van der Waals surface area contributed by atoms with Crippen molar-refractivity contribution in [1.29, 1.82) is 0 Å². The van der Waals surface area contributed by atoms with Crippen LogP contribution < -0.4 is 5.32 Å². The Kier molecular flexibility index (Phi) is 2.65. The van der Waals surface area contributed by atoms with Crippen LogP contribution in [0.25, 0.3) is 0 Å². The molecule has 2 N–H and O–H groups in total. The van der Waals surface area contributed by atoms with Crippen LogP contribution in [0.4, 0.5) is 0 Å². The zero-order valence-corrected chi connectivity index (χ0v) is 6.67. The van der Waals surface area contributed by atoms with Crippen LogP contribution in [0.3, 0.4) is 0 Å². The molecule has 60 valence electrons. The quantitative estimate of drug-likeness (QED) is 0.529. The molecule has 0 radical (unpaired) electrons. The van der Waals surface area contributed by atoms with Crippen LogP contribution in [-0.4, -0.2) is 49.8 Å². The van der Waals surface area contributed by atoms with Gasteiger partial charge < -0.3 is 15.3 Å². The maximum absolute atomic E-state index is 8.92. The molecule has 0 amide bonds. The molecule has 0 aliphatic carbocycles. The van der Waals surface area contributed by atoms with Gasteiger partial charge in [-0.2, -0.15) is 0 Å². The molecule has 1 heterocycles. The number of hydrogen-bond acceptors (Lipinski definition) is 3. The number of nitrogens with one attached hydrogen (secondary N) is 1. The number of aliphatic hydroxyl groups excluding tert-OH is 1. The van der Waals surface area contributed by atoms with Gasteiger partial charge in [0.05, 0.1) is 0 Å². The van der Waals surface area contributed by atoms with E-state index >= 15 is 0 Å². The van der Waals surface area contributed by atoms with Gasteiger partial charge in [-0.25, -0.2) is 0 Å². The monoisotopic (exact) mass is 144 g/mol. The Labute approximate surface area is 62.0 Å². The number of aliphatic hydroxyl groups is 1. The summed E-state index contributed by atoms with van der Waals surface area (Å²) in [4.78, 5) is 2.17. The lowest BCUT2D eigenvalue weighted by molar-refractivity contribution is 0.168. The zero-order valence-electron chi connectivity index (χ0n) is 6.67. The highest BCUT2D eigenvalue weighted by atomic mass is 16.3. The molecule has 1 aliphatic rings. The molecule has 10 heavy (non-hydrogen) atoms. The molecule has 1 aliphatic heterocycles. The fourth-order valence-electron chi connectivity index (χ4n) is 1.51. The van der Waals surface area contributed by atoms with Crippen LogP contribution in [-0.2, 0) is 0 Å². The first-order valence-corrected chi connectivity index (χ1v) is 3.73. The Morgan fingerprint density at radius 3 is 2.60 bits per heavy atom. The normalized spacial score (nSPS) is 33.6. The van der Waals surface area contributed by atoms with Crippen molar-refractivity contribution < 1.29 is 5.11 Å². The summed E-state index contributed by atoms with van der Waals surface area (Å²) in [6.45, 7) is 2.27. The van der Waals surface area contributed by atoms with Crippen molar-refractivity contribution in [3.63, 3.8) is 0 Å². The third-order valence-corrected chi connectivity index (χ3v) is 2.20. The molecule has 0 spiro atoms. The highest BCUT2D eigenvalue weighted by molar-refractivity contribution is 4.85. The summed E-state index contributed by atoms with van der Waals surface area (Å²) in [7, 11) is 4.11. The second-order valence-electron chi connectivity index (χ2n) is 3.13. The second-order valence-corrected chi connectivity index (χ2v) is 3.13. The second kappa shape index (κ2) is 3.32. The Morgan fingerprint density at radius 1 is 1.50 bits per heavy atom. The molecule has 3 heteroatoms. The molecular formula is C7H16N2O. The van der Waals surface area contributed by atoms with Crippen LogP contribution >= 0.6 is 0 Å².